The Kier molecular flexibility index (Phi) is 6.44. The van der Waals surface area contributed by atoms with Crippen molar-refractivity contribution in [3.63, 3.8) is 0 Å². The molecule has 2 heterocycles. The Morgan fingerprint density at radius 1 is 1.04 bits per heavy atom. The van der Waals surface area contributed by atoms with E-state index in [-0.39, 0.29) is 12.2 Å². The number of carbonyl (C=O) groups excluding carboxylic acids is 1. The molecule has 0 fully saturated rings. The third-order valence-electron chi connectivity index (χ3n) is 3.82. The van der Waals surface area contributed by atoms with Crippen LogP contribution in [0.25, 0.3) is 11.5 Å². The highest BCUT2D eigenvalue weighted by molar-refractivity contribution is 7.84. The van der Waals surface area contributed by atoms with E-state index >= 15 is 0 Å². The molecule has 2 aromatic heterocycles. The number of oxazole rings is 1. The SMILES string of the molecule is O=C(CCCS(=O)Cc1ccccc1)Cc1ncc(-c2ccccn2)o1. The van der Waals surface area contributed by atoms with Gasteiger partial charge < -0.3 is 4.42 Å². The minimum Gasteiger partial charge on any atom is -0.439 e. The summed E-state index contributed by atoms with van der Waals surface area (Å²) in [6.45, 7) is 0. The van der Waals surface area contributed by atoms with Gasteiger partial charge in [0.05, 0.1) is 12.6 Å². The van der Waals surface area contributed by atoms with E-state index in [0.29, 0.717) is 41.7 Å². The molecule has 5 nitrogen and oxygen atoms in total. The van der Waals surface area contributed by atoms with Gasteiger partial charge in [-0.1, -0.05) is 36.4 Å². The van der Waals surface area contributed by atoms with Crippen molar-refractivity contribution in [2.24, 2.45) is 0 Å². The number of aromatic nitrogens is 2. The summed E-state index contributed by atoms with van der Waals surface area (Å²) in [4.78, 5) is 20.4. The van der Waals surface area contributed by atoms with Gasteiger partial charge in [-0.05, 0) is 24.1 Å². The van der Waals surface area contributed by atoms with Crippen molar-refractivity contribution in [3.05, 3.63) is 72.4 Å². The highest BCUT2D eigenvalue weighted by atomic mass is 32.2. The van der Waals surface area contributed by atoms with E-state index in [1.165, 1.54) is 0 Å². The van der Waals surface area contributed by atoms with E-state index in [0.717, 1.165) is 5.56 Å². The van der Waals surface area contributed by atoms with Gasteiger partial charge >= 0.3 is 0 Å². The van der Waals surface area contributed by atoms with Crippen LogP contribution in [0, 0.1) is 0 Å². The van der Waals surface area contributed by atoms with Gasteiger partial charge in [-0.2, -0.15) is 0 Å². The molecule has 0 N–H and O–H groups in total. The lowest BCUT2D eigenvalue weighted by molar-refractivity contribution is -0.118. The zero-order valence-electron chi connectivity index (χ0n) is 14.3. The minimum atomic E-state index is -0.954. The number of rotatable bonds is 9. The maximum absolute atomic E-state index is 12.1. The van der Waals surface area contributed by atoms with Gasteiger partial charge in [-0.15, -0.1) is 0 Å². The first-order chi connectivity index (χ1) is 12.7. The predicted molar refractivity (Wildman–Crippen MR) is 101 cm³/mol. The summed E-state index contributed by atoms with van der Waals surface area (Å²) in [5, 5.41) is 0. The zero-order chi connectivity index (χ0) is 18.2. The van der Waals surface area contributed by atoms with Crippen LogP contribution in [0.2, 0.25) is 0 Å². The van der Waals surface area contributed by atoms with E-state index in [9.17, 15) is 9.00 Å². The fraction of sp³-hybridized carbons (Fsp3) is 0.250. The second kappa shape index (κ2) is 9.20. The monoisotopic (exact) mass is 368 g/mol. The summed E-state index contributed by atoms with van der Waals surface area (Å²) in [6, 6.07) is 15.3. The van der Waals surface area contributed by atoms with Crippen molar-refractivity contribution in [1.82, 2.24) is 9.97 Å². The van der Waals surface area contributed by atoms with Crippen molar-refractivity contribution in [2.75, 3.05) is 5.75 Å². The van der Waals surface area contributed by atoms with E-state index in [1.54, 1.807) is 12.4 Å². The van der Waals surface area contributed by atoms with Crippen molar-refractivity contribution in [3.8, 4) is 11.5 Å². The van der Waals surface area contributed by atoms with Crippen LogP contribution in [0.5, 0.6) is 0 Å². The smallest absolute Gasteiger partial charge is 0.202 e. The van der Waals surface area contributed by atoms with Crippen molar-refractivity contribution < 1.29 is 13.4 Å². The van der Waals surface area contributed by atoms with Gasteiger partial charge in [0.1, 0.15) is 11.5 Å². The molecule has 0 radical (unpaired) electrons. The highest BCUT2D eigenvalue weighted by Gasteiger charge is 2.12. The number of nitrogens with zero attached hydrogens (tertiary/aromatic N) is 2. The number of hydrogen-bond donors (Lipinski definition) is 0. The first-order valence-electron chi connectivity index (χ1n) is 8.47. The van der Waals surface area contributed by atoms with Crippen LogP contribution >= 0.6 is 0 Å². The molecule has 0 aliphatic heterocycles. The quantitative estimate of drug-likeness (QED) is 0.577. The van der Waals surface area contributed by atoms with E-state index in [4.69, 9.17) is 4.42 Å². The summed E-state index contributed by atoms with van der Waals surface area (Å²) in [7, 11) is -0.954. The van der Waals surface area contributed by atoms with E-state index < -0.39 is 10.8 Å². The van der Waals surface area contributed by atoms with E-state index in [1.807, 2.05) is 48.5 Å². The maximum atomic E-state index is 12.1. The van der Waals surface area contributed by atoms with Crippen molar-refractivity contribution in [1.29, 1.82) is 0 Å². The van der Waals surface area contributed by atoms with Gasteiger partial charge in [-0.3, -0.25) is 14.0 Å². The molecule has 1 unspecified atom stereocenters. The molecule has 0 aliphatic carbocycles. The molecule has 26 heavy (non-hydrogen) atoms. The lowest BCUT2D eigenvalue weighted by Gasteiger charge is -2.02. The Morgan fingerprint density at radius 2 is 1.85 bits per heavy atom. The Hall–Kier alpha value is -2.60. The molecule has 134 valence electrons. The van der Waals surface area contributed by atoms with Gasteiger partial charge in [0.25, 0.3) is 0 Å². The average molecular weight is 368 g/mol. The van der Waals surface area contributed by atoms with Crippen LogP contribution in [-0.2, 0) is 27.8 Å². The fourth-order valence-electron chi connectivity index (χ4n) is 2.54. The summed E-state index contributed by atoms with van der Waals surface area (Å²) < 4.78 is 17.7. The maximum Gasteiger partial charge on any atom is 0.202 e. The molecule has 0 aliphatic rings. The van der Waals surface area contributed by atoms with Crippen LogP contribution in [-0.4, -0.2) is 25.7 Å². The molecule has 0 spiro atoms. The molecule has 3 aromatic rings. The number of benzene rings is 1. The summed E-state index contributed by atoms with van der Waals surface area (Å²) in [5.74, 6) is 2.03. The Balaban J connectivity index is 1.42. The van der Waals surface area contributed by atoms with Gasteiger partial charge in [0, 0.05) is 34.9 Å². The first-order valence-corrected chi connectivity index (χ1v) is 9.96. The van der Waals surface area contributed by atoms with Gasteiger partial charge in [0.15, 0.2) is 5.76 Å². The summed E-state index contributed by atoms with van der Waals surface area (Å²) in [6.07, 6.45) is 4.39. The van der Waals surface area contributed by atoms with Crippen LogP contribution in [0.1, 0.15) is 24.3 Å². The number of hydrogen-bond acceptors (Lipinski definition) is 5. The number of Topliss-reactive ketones (excluding diaryl/α,β-unsaturated/α-hetero) is 1. The summed E-state index contributed by atoms with van der Waals surface area (Å²) in [5.41, 5.74) is 1.74. The Bertz CT molecular complexity index is 863. The third-order valence-corrected chi connectivity index (χ3v) is 5.22. The minimum absolute atomic E-state index is 0.0381. The largest absolute Gasteiger partial charge is 0.439 e. The zero-order valence-corrected chi connectivity index (χ0v) is 15.2. The second-order valence-corrected chi connectivity index (χ2v) is 7.50. The molecule has 0 amide bonds. The van der Waals surface area contributed by atoms with Gasteiger partial charge in [-0.25, -0.2) is 4.98 Å². The molecule has 0 saturated carbocycles. The Labute approximate surface area is 155 Å². The first kappa shape index (κ1) is 18.2. The van der Waals surface area contributed by atoms with Crippen LogP contribution < -0.4 is 0 Å². The summed E-state index contributed by atoms with van der Waals surface area (Å²) >= 11 is 0. The number of pyridine rings is 1. The normalized spacial score (nSPS) is 12.0. The molecular formula is C20H20N2O3S. The van der Waals surface area contributed by atoms with Crippen LogP contribution in [0.15, 0.2) is 65.3 Å². The lowest BCUT2D eigenvalue weighted by atomic mass is 10.2. The third kappa shape index (κ3) is 5.46. The standard InChI is InChI=1S/C20H20N2O3S/c23-17(9-6-12-26(24)15-16-7-2-1-3-8-16)13-20-22-14-19(25-20)18-10-4-5-11-21-18/h1-5,7-8,10-11,14H,6,9,12-13,15H2. The molecule has 1 aromatic carbocycles. The predicted octanol–water partition coefficient (Wildman–Crippen LogP) is 3.58. The second-order valence-electron chi connectivity index (χ2n) is 5.93. The van der Waals surface area contributed by atoms with Crippen LogP contribution in [0.3, 0.4) is 0 Å². The molecule has 0 saturated heterocycles. The molecule has 6 heteroatoms. The lowest BCUT2D eigenvalue weighted by Crippen LogP contribution is -2.07. The van der Waals surface area contributed by atoms with E-state index in [2.05, 4.69) is 9.97 Å². The average Bonchev–Trinajstić information content (AvgIpc) is 3.11. The molecule has 3 rings (SSSR count). The highest BCUT2D eigenvalue weighted by Crippen LogP contribution is 2.18. The topological polar surface area (TPSA) is 73.1 Å². The number of ketones is 1. The molecule has 0 bridgehead atoms. The fourth-order valence-corrected chi connectivity index (χ4v) is 3.71. The van der Waals surface area contributed by atoms with Crippen molar-refractivity contribution in [2.45, 2.75) is 25.0 Å². The number of carbonyl (C=O) groups is 1. The molecule has 1 atom stereocenters. The Morgan fingerprint density at radius 3 is 2.62 bits per heavy atom. The van der Waals surface area contributed by atoms with Gasteiger partial charge in [0.2, 0.25) is 5.89 Å². The molecular weight excluding hydrogens is 348 g/mol. The van der Waals surface area contributed by atoms with Crippen molar-refractivity contribution >= 4 is 16.6 Å². The van der Waals surface area contributed by atoms with Crippen LogP contribution in [0.4, 0.5) is 0 Å².